The molecule has 7 heteroatoms. The molecule has 1 aliphatic carbocycles. The second-order valence-electron chi connectivity index (χ2n) is 11.3. The maximum absolute atomic E-state index is 13.4. The highest BCUT2D eigenvalue weighted by Crippen LogP contribution is 2.45. The smallest absolute Gasteiger partial charge is 0.303 e. The number of carbonyl (C=O) groups is 2. The van der Waals surface area contributed by atoms with Crippen molar-refractivity contribution >= 4 is 17.6 Å². The highest BCUT2D eigenvalue weighted by Gasteiger charge is 2.34. The van der Waals surface area contributed by atoms with Crippen molar-refractivity contribution in [1.29, 1.82) is 0 Å². The minimum atomic E-state index is -0.748. The molecule has 2 N–H and O–H groups in total. The number of hydrogen-bond acceptors (Lipinski definition) is 5. The first-order chi connectivity index (χ1) is 19.9. The summed E-state index contributed by atoms with van der Waals surface area (Å²) < 4.78 is 11.7. The summed E-state index contributed by atoms with van der Waals surface area (Å²) in [6, 6.07) is 23.5. The highest BCUT2D eigenvalue weighted by molar-refractivity contribution is 6.00. The van der Waals surface area contributed by atoms with Gasteiger partial charge in [0, 0.05) is 19.2 Å². The first-order valence-electron chi connectivity index (χ1n) is 14.6. The molecule has 3 aromatic rings. The van der Waals surface area contributed by atoms with Crippen molar-refractivity contribution in [1.82, 2.24) is 5.32 Å². The van der Waals surface area contributed by atoms with Gasteiger partial charge in [0.25, 0.3) is 5.91 Å². The zero-order valence-electron chi connectivity index (χ0n) is 23.9. The van der Waals surface area contributed by atoms with E-state index in [1.54, 1.807) is 7.11 Å². The third-order valence-electron chi connectivity index (χ3n) is 8.41. The van der Waals surface area contributed by atoms with Crippen LogP contribution < -0.4 is 19.7 Å². The molecular formula is C34H40N2O5. The van der Waals surface area contributed by atoms with Crippen LogP contribution >= 0.6 is 0 Å². The van der Waals surface area contributed by atoms with Gasteiger partial charge in [-0.1, -0.05) is 42.5 Å². The normalized spacial score (nSPS) is 17.0. The third kappa shape index (κ3) is 7.40. The number of nitrogens with one attached hydrogen (secondary N) is 1. The summed E-state index contributed by atoms with van der Waals surface area (Å²) in [6.45, 7) is 4.25. The Morgan fingerprint density at radius 2 is 1.66 bits per heavy atom. The lowest BCUT2D eigenvalue weighted by atomic mass is 9.91. The summed E-state index contributed by atoms with van der Waals surface area (Å²) in [7, 11) is 1.64. The van der Waals surface area contributed by atoms with Crippen LogP contribution in [-0.4, -0.2) is 43.8 Å². The fourth-order valence-corrected chi connectivity index (χ4v) is 5.82. The van der Waals surface area contributed by atoms with Gasteiger partial charge in [-0.3, -0.25) is 9.59 Å². The van der Waals surface area contributed by atoms with Crippen molar-refractivity contribution in [2.45, 2.75) is 51.0 Å². The molecule has 2 fully saturated rings. The number of carbonyl (C=O) groups excluding carboxylic acids is 1. The zero-order chi connectivity index (χ0) is 28.8. The van der Waals surface area contributed by atoms with Crippen LogP contribution in [0.5, 0.6) is 11.5 Å². The average Bonchev–Trinajstić information content (AvgIpc) is 3.85. The molecule has 2 atom stereocenters. The van der Waals surface area contributed by atoms with E-state index in [1.165, 1.54) is 0 Å². The van der Waals surface area contributed by atoms with Gasteiger partial charge in [-0.05, 0) is 85.8 Å². The van der Waals surface area contributed by atoms with E-state index < -0.39 is 5.97 Å². The zero-order valence-corrected chi connectivity index (χ0v) is 23.9. The maximum atomic E-state index is 13.4. The fraction of sp³-hybridized carbons (Fsp3) is 0.412. The molecule has 1 saturated carbocycles. The molecular weight excluding hydrogens is 516 g/mol. The Balaban J connectivity index is 1.19. The van der Waals surface area contributed by atoms with Crippen LogP contribution in [0.2, 0.25) is 0 Å². The van der Waals surface area contributed by atoms with E-state index in [2.05, 4.69) is 10.2 Å². The van der Waals surface area contributed by atoms with Crippen LogP contribution in [0.1, 0.15) is 72.5 Å². The molecule has 5 rings (SSSR count). The quantitative estimate of drug-likeness (QED) is 0.267. The van der Waals surface area contributed by atoms with Crippen molar-refractivity contribution in [3.8, 4) is 11.5 Å². The third-order valence-corrected chi connectivity index (χ3v) is 8.41. The molecule has 1 aliphatic heterocycles. The number of hydrogen-bond donors (Lipinski definition) is 2. The molecule has 1 heterocycles. The Morgan fingerprint density at radius 1 is 0.927 bits per heavy atom. The number of amides is 1. The Labute approximate surface area is 242 Å². The first-order valence-corrected chi connectivity index (χ1v) is 14.6. The predicted molar refractivity (Wildman–Crippen MR) is 160 cm³/mol. The summed E-state index contributed by atoms with van der Waals surface area (Å²) >= 11 is 0. The molecule has 0 aromatic heterocycles. The van der Waals surface area contributed by atoms with Gasteiger partial charge >= 0.3 is 5.97 Å². The summed E-state index contributed by atoms with van der Waals surface area (Å²) in [4.78, 5) is 27.0. The Hall–Kier alpha value is -4.00. The minimum absolute atomic E-state index is 0.0595. The molecule has 1 saturated heterocycles. The van der Waals surface area contributed by atoms with E-state index in [9.17, 15) is 14.7 Å². The number of benzene rings is 3. The van der Waals surface area contributed by atoms with Crippen molar-refractivity contribution < 1.29 is 24.2 Å². The minimum Gasteiger partial charge on any atom is -0.497 e. The summed E-state index contributed by atoms with van der Waals surface area (Å²) in [5.74, 6) is 1.61. The maximum Gasteiger partial charge on any atom is 0.303 e. The lowest BCUT2D eigenvalue weighted by Gasteiger charge is -2.34. The topological polar surface area (TPSA) is 88.1 Å². The SMILES string of the molecule is COc1ccc(C(=O)N[C@H](C)c2ccccc2)c(N2CCC(COc3cccc(C(CC(=O)O)C4CC4)c3)CC2)c1. The largest absolute Gasteiger partial charge is 0.497 e. The van der Waals surface area contributed by atoms with Gasteiger partial charge in [-0.15, -0.1) is 0 Å². The van der Waals surface area contributed by atoms with Crippen molar-refractivity contribution in [3.63, 3.8) is 0 Å². The van der Waals surface area contributed by atoms with Gasteiger partial charge in [0.2, 0.25) is 0 Å². The number of aliphatic carboxylic acids is 1. The number of nitrogens with zero attached hydrogens (tertiary/aromatic N) is 1. The number of carboxylic acid groups (broad SMARTS) is 1. The molecule has 1 amide bonds. The van der Waals surface area contributed by atoms with Crippen molar-refractivity contribution in [2.24, 2.45) is 11.8 Å². The van der Waals surface area contributed by atoms with Crippen molar-refractivity contribution in [3.05, 3.63) is 89.5 Å². The van der Waals surface area contributed by atoms with Gasteiger partial charge < -0.3 is 24.8 Å². The number of carboxylic acids is 1. The van der Waals surface area contributed by atoms with Gasteiger partial charge in [0.05, 0.1) is 37.4 Å². The van der Waals surface area contributed by atoms with Crippen molar-refractivity contribution in [2.75, 3.05) is 31.7 Å². The fourth-order valence-electron chi connectivity index (χ4n) is 5.82. The van der Waals surface area contributed by atoms with Gasteiger partial charge in [-0.2, -0.15) is 0 Å². The lowest BCUT2D eigenvalue weighted by Crippen LogP contribution is -2.37. The van der Waals surface area contributed by atoms with Crippen LogP contribution in [0.4, 0.5) is 5.69 Å². The lowest BCUT2D eigenvalue weighted by molar-refractivity contribution is -0.137. The molecule has 1 unspecified atom stereocenters. The van der Waals surface area contributed by atoms with Gasteiger partial charge in [0.15, 0.2) is 0 Å². The number of piperidine rings is 1. The van der Waals surface area contributed by atoms with E-state index >= 15 is 0 Å². The highest BCUT2D eigenvalue weighted by atomic mass is 16.5. The second-order valence-corrected chi connectivity index (χ2v) is 11.3. The predicted octanol–water partition coefficient (Wildman–Crippen LogP) is 6.45. The summed E-state index contributed by atoms with van der Waals surface area (Å²) in [5, 5.41) is 12.5. The molecule has 0 radical (unpaired) electrons. The molecule has 216 valence electrons. The van der Waals surface area contributed by atoms with Crippen LogP contribution in [0.3, 0.4) is 0 Å². The Morgan fingerprint density at radius 3 is 2.34 bits per heavy atom. The first kappa shape index (κ1) is 28.5. The van der Waals surface area contributed by atoms with E-state index in [0.29, 0.717) is 24.0 Å². The van der Waals surface area contributed by atoms with Crippen LogP contribution in [0, 0.1) is 11.8 Å². The second kappa shape index (κ2) is 13.1. The van der Waals surface area contributed by atoms with Crippen LogP contribution in [0.25, 0.3) is 0 Å². The molecule has 0 bridgehead atoms. The molecule has 2 aliphatic rings. The van der Waals surface area contributed by atoms with E-state index in [-0.39, 0.29) is 24.3 Å². The van der Waals surface area contributed by atoms with E-state index in [0.717, 1.165) is 67.1 Å². The van der Waals surface area contributed by atoms with E-state index in [4.69, 9.17) is 9.47 Å². The van der Waals surface area contributed by atoms with E-state index in [1.807, 2.05) is 79.7 Å². The van der Waals surface area contributed by atoms with Gasteiger partial charge in [-0.25, -0.2) is 0 Å². The van der Waals surface area contributed by atoms with Crippen LogP contribution in [0.15, 0.2) is 72.8 Å². The Kier molecular flexibility index (Phi) is 9.12. The summed E-state index contributed by atoms with van der Waals surface area (Å²) in [5.41, 5.74) is 3.66. The number of anilines is 1. The number of methoxy groups -OCH3 is 1. The monoisotopic (exact) mass is 556 g/mol. The number of ether oxygens (including phenoxy) is 2. The molecule has 41 heavy (non-hydrogen) atoms. The molecule has 7 nitrogen and oxygen atoms in total. The van der Waals surface area contributed by atoms with Gasteiger partial charge in [0.1, 0.15) is 11.5 Å². The Bertz CT molecular complexity index is 1330. The van der Waals surface area contributed by atoms with Crippen LogP contribution in [-0.2, 0) is 4.79 Å². The molecule has 3 aromatic carbocycles. The number of rotatable bonds is 12. The average molecular weight is 557 g/mol. The summed E-state index contributed by atoms with van der Waals surface area (Å²) in [6.07, 6.45) is 4.26. The standard InChI is InChI=1S/C34H40N2O5/c1-23(25-7-4-3-5-8-25)35-34(39)30-14-13-28(40-2)20-32(30)36-17-15-24(16-18-36)22-41-29-10-6-9-27(19-29)31(21-33(37)38)26-11-12-26/h3-10,13-14,19-20,23-24,26,31H,11-12,15-18,21-22H2,1-2H3,(H,35,39)(H,37,38)/t23-,31?/m1/s1. The molecule has 0 spiro atoms.